The van der Waals surface area contributed by atoms with Gasteiger partial charge < -0.3 is 10.6 Å². The van der Waals surface area contributed by atoms with E-state index in [1.807, 2.05) is 13.8 Å². The van der Waals surface area contributed by atoms with Crippen molar-refractivity contribution in [3.8, 4) is 6.07 Å². The highest BCUT2D eigenvalue weighted by atomic mass is 16.2. The lowest BCUT2D eigenvalue weighted by Crippen LogP contribution is -2.35. The third-order valence-electron chi connectivity index (χ3n) is 4.88. The molecule has 8 heteroatoms. The summed E-state index contributed by atoms with van der Waals surface area (Å²) in [5, 5.41) is 28.3. The quantitative estimate of drug-likeness (QED) is 0.778. The smallest absolute Gasteiger partial charge is 0.241 e. The van der Waals surface area contributed by atoms with Crippen molar-refractivity contribution >= 4 is 17.4 Å². The molecule has 3 rings (SSSR count). The van der Waals surface area contributed by atoms with Gasteiger partial charge in [-0.15, -0.1) is 5.10 Å². The van der Waals surface area contributed by atoms with Gasteiger partial charge in [0.15, 0.2) is 5.82 Å². The summed E-state index contributed by atoms with van der Waals surface area (Å²) in [6.45, 7) is 4.17. The topological polar surface area (TPSA) is 109 Å². The monoisotopic (exact) mass is 367 g/mol. The molecule has 0 spiro atoms. The van der Waals surface area contributed by atoms with E-state index in [1.165, 1.54) is 12.8 Å². The Kier molecular flexibility index (Phi) is 6.01. The summed E-state index contributed by atoms with van der Waals surface area (Å²) >= 11 is 0. The lowest BCUT2D eigenvalue weighted by atomic mass is 10.0. The minimum Gasteiger partial charge on any atom is -0.352 e. The number of rotatable bonds is 7. The fraction of sp³-hybridized carbons (Fsp3) is 0.526. The van der Waals surface area contributed by atoms with E-state index in [0.717, 1.165) is 36.9 Å². The molecule has 2 aromatic rings. The lowest BCUT2D eigenvalue weighted by Gasteiger charge is -2.11. The predicted molar refractivity (Wildman–Crippen MR) is 101 cm³/mol. The Labute approximate surface area is 159 Å². The van der Waals surface area contributed by atoms with Gasteiger partial charge in [0.25, 0.3) is 0 Å². The molecule has 0 unspecified atom stereocenters. The van der Waals surface area contributed by atoms with Crippen LogP contribution in [0.3, 0.4) is 0 Å². The molecule has 2 aromatic heterocycles. The number of carbonyl (C=O) groups excluding carboxylic acids is 1. The van der Waals surface area contributed by atoms with E-state index in [4.69, 9.17) is 0 Å². The fourth-order valence-electron chi connectivity index (χ4n) is 3.52. The van der Waals surface area contributed by atoms with Gasteiger partial charge in [-0.3, -0.25) is 9.48 Å². The third-order valence-corrected chi connectivity index (χ3v) is 4.88. The zero-order valence-corrected chi connectivity index (χ0v) is 15.8. The standard InChI is InChI=1S/C19H25N7O/c1-3-15-16(9-20)19(25-24-17(15)4-2)23-14-10-21-26(11-14)12-18(27)22-13-7-5-6-8-13/h10-11,13H,3-8,12H2,1-2H3,(H,22,27)(H,23,25). The van der Waals surface area contributed by atoms with Crippen LogP contribution in [0.2, 0.25) is 0 Å². The van der Waals surface area contributed by atoms with Crippen LogP contribution in [0.4, 0.5) is 11.5 Å². The van der Waals surface area contributed by atoms with Crippen LogP contribution in [0.5, 0.6) is 0 Å². The molecule has 2 heterocycles. The molecule has 1 fully saturated rings. The number of anilines is 2. The second kappa shape index (κ2) is 8.62. The van der Waals surface area contributed by atoms with Crippen molar-refractivity contribution in [1.82, 2.24) is 25.3 Å². The van der Waals surface area contributed by atoms with Crippen molar-refractivity contribution in [2.75, 3.05) is 5.32 Å². The number of hydrogen-bond donors (Lipinski definition) is 2. The van der Waals surface area contributed by atoms with Crippen molar-refractivity contribution in [3.63, 3.8) is 0 Å². The SMILES string of the molecule is CCc1nnc(Nc2cnn(CC(=O)NC3CCCC3)c2)c(C#N)c1CC. The van der Waals surface area contributed by atoms with Crippen molar-refractivity contribution in [2.24, 2.45) is 0 Å². The van der Waals surface area contributed by atoms with Gasteiger partial charge in [-0.1, -0.05) is 26.7 Å². The Morgan fingerprint density at radius 2 is 2.07 bits per heavy atom. The third kappa shape index (κ3) is 4.42. The summed E-state index contributed by atoms with van der Waals surface area (Å²) in [5.41, 5.74) is 2.94. The summed E-state index contributed by atoms with van der Waals surface area (Å²) in [5.74, 6) is 0.385. The molecule has 27 heavy (non-hydrogen) atoms. The number of hydrogen-bond acceptors (Lipinski definition) is 6. The molecular formula is C19H25N7O. The van der Waals surface area contributed by atoms with Gasteiger partial charge in [0.1, 0.15) is 18.2 Å². The number of nitriles is 1. The Morgan fingerprint density at radius 3 is 2.74 bits per heavy atom. The number of aryl methyl sites for hydroxylation is 1. The predicted octanol–water partition coefficient (Wildman–Crippen LogP) is 2.47. The largest absolute Gasteiger partial charge is 0.352 e. The molecule has 0 atom stereocenters. The first-order valence-corrected chi connectivity index (χ1v) is 9.51. The maximum absolute atomic E-state index is 12.1. The number of nitrogens with zero attached hydrogens (tertiary/aromatic N) is 5. The van der Waals surface area contributed by atoms with Gasteiger partial charge >= 0.3 is 0 Å². The highest BCUT2D eigenvalue weighted by Gasteiger charge is 2.18. The molecule has 1 aliphatic carbocycles. The highest BCUT2D eigenvalue weighted by Crippen LogP contribution is 2.23. The molecule has 0 radical (unpaired) electrons. The highest BCUT2D eigenvalue weighted by molar-refractivity contribution is 5.76. The van der Waals surface area contributed by atoms with E-state index in [2.05, 4.69) is 32.0 Å². The van der Waals surface area contributed by atoms with Crippen LogP contribution in [0.1, 0.15) is 56.4 Å². The van der Waals surface area contributed by atoms with Crippen molar-refractivity contribution in [2.45, 2.75) is 65.0 Å². The first-order valence-electron chi connectivity index (χ1n) is 9.51. The van der Waals surface area contributed by atoms with E-state index >= 15 is 0 Å². The van der Waals surface area contributed by atoms with E-state index in [-0.39, 0.29) is 12.5 Å². The van der Waals surface area contributed by atoms with Crippen LogP contribution in [0, 0.1) is 11.3 Å². The number of amides is 1. The summed E-state index contributed by atoms with van der Waals surface area (Å²) in [6, 6.07) is 2.53. The molecule has 8 nitrogen and oxygen atoms in total. The van der Waals surface area contributed by atoms with Gasteiger partial charge in [-0.25, -0.2) is 0 Å². The maximum atomic E-state index is 12.1. The molecule has 0 saturated heterocycles. The van der Waals surface area contributed by atoms with E-state index in [1.54, 1.807) is 17.1 Å². The van der Waals surface area contributed by atoms with Crippen LogP contribution < -0.4 is 10.6 Å². The molecule has 1 aliphatic rings. The zero-order chi connectivity index (χ0) is 19.2. The maximum Gasteiger partial charge on any atom is 0.241 e. The average Bonchev–Trinajstić information content (AvgIpc) is 3.33. The molecule has 1 amide bonds. The fourth-order valence-corrected chi connectivity index (χ4v) is 3.52. The van der Waals surface area contributed by atoms with Crippen LogP contribution >= 0.6 is 0 Å². The average molecular weight is 367 g/mol. The molecular weight excluding hydrogens is 342 g/mol. The minimum absolute atomic E-state index is 0.0328. The van der Waals surface area contributed by atoms with Gasteiger partial charge in [0.05, 0.1) is 17.6 Å². The minimum atomic E-state index is -0.0328. The van der Waals surface area contributed by atoms with Gasteiger partial charge in [0.2, 0.25) is 5.91 Å². The molecule has 0 aromatic carbocycles. The summed E-state index contributed by atoms with van der Waals surface area (Å²) < 4.78 is 1.58. The number of nitrogens with one attached hydrogen (secondary N) is 2. The van der Waals surface area contributed by atoms with E-state index < -0.39 is 0 Å². The zero-order valence-electron chi connectivity index (χ0n) is 15.8. The second-order valence-corrected chi connectivity index (χ2v) is 6.77. The van der Waals surface area contributed by atoms with Gasteiger partial charge in [-0.05, 0) is 31.2 Å². The van der Waals surface area contributed by atoms with Gasteiger partial charge in [0, 0.05) is 12.2 Å². The second-order valence-electron chi connectivity index (χ2n) is 6.77. The Morgan fingerprint density at radius 1 is 1.30 bits per heavy atom. The van der Waals surface area contributed by atoms with Crippen molar-refractivity contribution < 1.29 is 4.79 Å². The number of carbonyl (C=O) groups is 1. The molecule has 142 valence electrons. The molecule has 0 aliphatic heterocycles. The van der Waals surface area contributed by atoms with E-state index in [9.17, 15) is 10.1 Å². The van der Waals surface area contributed by atoms with Crippen LogP contribution in [0.25, 0.3) is 0 Å². The Balaban J connectivity index is 1.69. The normalized spacial score (nSPS) is 14.1. The van der Waals surface area contributed by atoms with Crippen LogP contribution in [-0.4, -0.2) is 31.9 Å². The van der Waals surface area contributed by atoms with Crippen molar-refractivity contribution in [3.05, 3.63) is 29.2 Å². The summed E-state index contributed by atoms with van der Waals surface area (Å²) in [4.78, 5) is 12.1. The Bertz CT molecular complexity index is 846. The molecule has 1 saturated carbocycles. The first-order chi connectivity index (χ1) is 13.1. The summed E-state index contributed by atoms with van der Waals surface area (Å²) in [7, 11) is 0. The van der Waals surface area contributed by atoms with Crippen molar-refractivity contribution in [1.29, 1.82) is 5.26 Å². The number of aromatic nitrogens is 4. The lowest BCUT2D eigenvalue weighted by molar-refractivity contribution is -0.122. The van der Waals surface area contributed by atoms with Crippen LogP contribution in [0.15, 0.2) is 12.4 Å². The first kappa shape index (κ1) is 18.8. The summed E-state index contributed by atoms with van der Waals surface area (Å²) in [6.07, 6.45) is 9.28. The van der Waals surface area contributed by atoms with Crippen LogP contribution in [-0.2, 0) is 24.2 Å². The molecule has 2 N–H and O–H groups in total. The Hall–Kier alpha value is -2.95. The van der Waals surface area contributed by atoms with Gasteiger partial charge in [-0.2, -0.15) is 15.5 Å². The molecule has 0 bridgehead atoms. The van der Waals surface area contributed by atoms with E-state index in [0.29, 0.717) is 23.1 Å².